The fourth-order valence-electron chi connectivity index (χ4n) is 2.67. The van der Waals surface area contributed by atoms with Crippen molar-refractivity contribution in [1.29, 1.82) is 0 Å². The van der Waals surface area contributed by atoms with Crippen LogP contribution in [0.2, 0.25) is 0 Å². The molecule has 114 valence electrons. The Bertz CT molecular complexity index is 490. The second kappa shape index (κ2) is 6.76. The van der Waals surface area contributed by atoms with Crippen molar-refractivity contribution in [2.45, 2.75) is 31.8 Å². The summed E-state index contributed by atoms with van der Waals surface area (Å²) in [5.41, 5.74) is 1.21. The Kier molecular flexibility index (Phi) is 5.02. The second-order valence-electron chi connectivity index (χ2n) is 5.56. The number of hydrogen-bond acceptors (Lipinski definition) is 3. The Balaban J connectivity index is 1.90. The first kappa shape index (κ1) is 15.6. The maximum atomic E-state index is 11.7. The molecular weight excluding hydrogens is 266 g/mol. The zero-order valence-electron chi connectivity index (χ0n) is 12.5. The first-order chi connectivity index (χ1) is 10.0. The molecule has 4 nitrogen and oxygen atoms in total. The Hall–Kier alpha value is -1.81. The third kappa shape index (κ3) is 4.08. The highest BCUT2D eigenvalue weighted by molar-refractivity contribution is 5.68. The van der Waals surface area contributed by atoms with E-state index in [0.29, 0.717) is 39.0 Å². The molecule has 0 aromatic heterocycles. The van der Waals surface area contributed by atoms with Crippen LogP contribution < -0.4 is 0 Å². The van der Waals surface area contributed by atoms with E-state index in [0.717, 1.165) is 11.1 Å². The molecule has 1 heterocycles. The Morgan fingerprint density at radius 2 is 1.95 bits per heavy atom. The highest BCUT2D eigenvalue weighted by atomic mass is 16.6. The average Bonchev–Trinajstić information content (AvgIpc) is 2.48. The lowest BCUT2D eigenvalue weighted by atomic mass is 9.84. The molecule has 1 aromatic carbocycles. The van der Waals surface area contributed by atoms with Crippen LogP contribution in [0.1, 0.15) is 31.7 Å². The molecule has 1 aliphatic heterocycles. The van der Waals surface area contributed by atoms with Crippen LogP contribution in [0.15, 0.2) is 36.9 Å². The molecule has 1 aliphatic rings. The van der Waals surface area contributed by atoms with Crippen LogP contribution in [0.25, 0.3) is 5.57 Å². The smallest absolute Gasteiger partial charge is 0.409 e. The van der Waals surface area contributed by atoms with E-state index in [1.807, 2.05) is 30.3 Å². The molecule has 0 radical (unpaired) electrons. The summed E-state index contributed by atoms with van der Waals surface area (Å²) in [4.78, 5) is 13.3. The first-order valence-corrected chi connectivity index (χ1v) is 7.41. The number of carbonyl (C=O) groups excluding carboxylic acids is 1. The van der Waals surface area contributed by atoms with Gasteiger partial charge in [0.1, 0.15) is 0 Å². The number of carbonyl (C=O) groups is 1. The zero-order valence-corrected chi connectivity index (χ0v) is 12.5. The van der Waals surface area contributed by atoms with E-state index in [-0.39, 0.29) is 6.09 Å². The lowest BCUT2D eigenvalue weighted by Gasteiger charge is -2.38. The lowest BCUT2D eigenvalue weighted by Crippen LogP contribution is -2.46. The zero-order chi connectivity index (χ0) is 15.3. The van der Waals surface area contributed by atoms with E-state index in [9.17, 15) is 9.90 Å². The predicted octanol–water partition coefficient (Wildman–Crippen LogP) is 3.07. The number of rotatable bonds is 4. The van der Waals surface area contributed by atoms with E-state index in [1.54, 1.807) is 11.8 Å². The normalized spacial score (nSPS) is 17.3. The molecule has 0 atom stereocenters. The molecule has 2 rings (SSSR count). The van der Waals surface area contributed by atoms with Crippen LogP contribution in [0.3, 0.4) is 0 Å². The molecule has 0 bridgehead atoms. The summed E-state index contributed by atoms with van der Waals surface area (Å²) >= 11 is 0. The van der Waals surface area contributed by atoms with E-state index < -0.39 is 5.60 Å². The van der Waals surface area contributed by atoms with Crippen LogP contribution in [0, 0.1) is 0 Å². The van der Waals surface area contributed by atoms with Crippen molar-refractivity contribution in [2.75, 3.05) is 19.7 Å². The minimum Gasteiger partial charge on any atom is -0.450 e. The van der Waals surface area contributed by atoms with Gasteiger partial charge in [-0.1, -0.05) is 36.9 Å². The molecule has 1 amide bonds. The fourth-order valence-corrected chi connectivity index (χ4v) is 2.67. The summed E-state index contributed by atoms with van der Waals surface area (Å²) in [5.74, 6) is 0. The number of benzene rings is 1. The van der Waals surface area contributed by atoms with Crippen LogP contribution in [-0.4, -0.2) is 41.4 Å². The van der Waals surface area contributed by atoms with Gasteiger partial charge in [-0.05, 0) is 30.9 Å². The molecule has 4 heteroatoms. The van der Waals surface area contributed by atoms with Crippen LogP contribution in [0.4, 0.5) is 4.79 Å². The van der Waals surface area contributed by atoms with Gasteiger partial charge in [-0.25, -0.2) is 4.79 Å². The molecule has 1 saturated heterocycles. The van der Waals surface area contributed by atoms with Gasteiger partial charge in [0.15, 0.2) is 0 Å². The van der Waals surface area contributed by atoms with Gasteiger partial charge >= 0.3 is 6.09 Å². The SMILES string of the molecule is C=C(CC1(O)CCN(C(=O)OCC)CC1)c1ccccc1. The van der Waals surface area contributed by atoms with Crippen molar-refractivity contribution in [2.24, 2.45) is 0 Å². The van der Waals surface area contributed by atoms with Crippen molar-refractivity contribution in [3.05, 3.63) is 42.5 Å². The summed E-state index contributed by atoms with van der Waals surface area (Å²) in [6.07, 6.45) is 1.35. The first-order valence-electron chi connectivity index (χ1n) is 7.41. The van der Waals surface area contributed by atoms with E-state index in [4.69, 9.17) is 4.74 Å². The number of nitrogens with zero attached hydrogens (tertiary/aromatic N) is 1. The summed E-state index contributed by atoms with van der Waals surface area (Å²) in [7, 11) is 0. The van der Waals surface area contributed by atoms with Crippen LogP contribution in [0.5, 0.6) is 0 Å². The van der Waals surface area contributed by atoms with Crippen molar-refractivity contribution in [1.82, 2.24) is 4.90 Å². The van der Waals surface area contributed by atoms with Crippen molar-refractivity contribution >= 4 is 11.7 Å². The molecule has 0 spiro atoms. The lowest BCUT2D eigenvalue weighted by molar-refractivity contribution is -0.0157. The molecule has 0 unspecified atom stereocenters. The van der Waals surface area contributed by atoms with Gasteiger partial charge in [0.25, 0.3) is 0 Å². The maximum absolute atomic E-state index is 11.7. The predicted molar refractivity (Wildman–Crippen MR) is 82.9 cm³/mol. The maximum Gasteiger partial charge on any atom is 0.409 e. The number of hydrogen-bond donors (Lipinski definition) is 1. The monoisotopic (exact) mass is 289 g/mol. The minimum absolute atomic E-state index is 0.290. The molecule has 1 aromatic rings. The molecule has 21 heavy (non-hydrogen) atoms. The van der Waals surface area contributed by atoms with Crippen molar-refractivity contribution < 1.29 is 14.6 Å². The highest BCUT2D eigenvalue weighted by Gasteiger charge is 2.34. The quantitative estimate of drug-likeness (QED) is 0.926. The van der Waals surface area contributed by atoms with Gasteiger partial charge < -0.3 is 14.7 Å². The summed E-state index contributed by atoms with van der Waals surface area (Å²) in [6, 6.07) is 9.89. The Morgan fingerprint density at radius 1 is 1.33 bits per heavy atom. The Morgan fingerprint density at radius 3 is 2.52 bits per heavy atom. The van der Waals surface area contributed by atoms with E-state index in [1.165, 1.54) is 0 Å². The number of amides is 1. The summed E-state index contributed by atoms with van der Waals surface area (Å²) in [5, 5.41) is 10.7. The summed E-state index contributed by atoms with van der Waals surface area (Å²) < 4.78 is 4.99. The largest absolute Gasteiger partial charge is 0.450 e. The number of ether oxygens (including phenoxy) is 1. The molecule has 1 fully saturated rings. The topological polar surface area (TPSA) is 49.8 Å². The van der Waals surface area contributed by atoms with Crippen molar-refractivity contribution in [3.63, 3.8) is 0 Å². The van der Waals surface area contributed by atoms with Crippen molar-refractivity contribution in [3.8, 4) is 0 Å². The standard InChI is InChI=1S/C17H23NO3/c1-3-21-16(19)18-11-9-17(20,10-12-18)13-14(2)15-7-5-4-6-8-15/h4-8,20H,2-3,9-13H2,1H3. The van der Waals surface area contributed by atoms with Gasteiger partial charge in [-0.3, -0.25) is 0 Å². The summed E-state index contributed by atoms with van der Waals surface area (Å²) in [6.45, 7) is 7.31. The van der Waals surface area contributed by atoms with Crippen LogP contribution >= 0.6 is 0 Å². The molecule has 1 N–H and O–H groups in total. The van der Waals surface area contributed by atoms with Gasteiger partial charge in [0.05, 0.1) is 12.2 Å². The average molecular weight is 289 g/mol. The number of aliphatic hydroxyl groups is 1. The van der Waals surface area contributed by atoms with E-state index >= 15 is 0 Å². The number of piperidine rings is 1. The third-order valence-electron chi connectivity index (χ3n) is 3.94. The van der Waals surface area contributed by atoms with Gasteiger partial charge in [-0.2, -0.15) is 0 Å². The molecule has 0 aliphatic carbocycles. The fraction of sp³-hybridized carbons (Fsp3) is 0.471. The van der Waals surface area contributed by atoms with Gasteiger partial charge in [0, 0.05) is 19.5 Å². The van der Waals surface area contributed by atoms with Crippen LogP contribution in [-0.2, 0) is 4.74 Å². The Labute approximate surface area is 126 Å². The molecule has 0 saturated carbocycles. The third-order valence-corrected chi connectivity index (χ3v) is 3.94. The van der Waals surface area contributed by atoms with Gasteiger partial charge in [-0.15, -0.1) is 0 Å². The minimum atomic E-state index is -0.782. The molecular formula is C17H23NO3. The highest BCUT2D eigenvalue weighted by Crippen LogP contribution is 2.32. The van der Waals surface area contributed by atoms with Gasteiger partial charge in [0.2, 0.25) is 0 Å². The number of likely N-dealkylation sites (tertiary alicyclic amines) is 1. The van der Waals surface area contributed by atoms with E-state index in [2.05, 4.69) is 6.58 Å². The second-order valence-corrected chi connectivity index (χ2v) is 5.56.